The van der Waals surface area contributed by atoms with Gasteiger partial charge in [0.15, 0.2) is 0 Å². The summed E-state index contributed by atoms with van der Waals surface area (Å²) in [6.07, 6.45) is 0. The lowest BCUT2D eigenvalue weighted by Crippen LogP contribution is -2.03. The summed E-state index contributed by atoms with van der Waals surface area (Å²) in [5.41, 5.74) is 1.56. The highest BCUT2D eigenvalue weighted by atomic mass is 16.4. The van der Waals surface area contributed by atoms with Crippen molar-refractivity contribution in [3.05, 3.63) is 53.1 Å². The third-order valence-corrected chi connectivity index (χ3v) is 2.82. The Bertz CT molecular complexity index is 651. The van der Waals surface area contributed by atoms with E-state index in [0.717, 1.165) is 11.6 Å². The van der Waals surface area contributed by atoms with Crippen molar-refractivity contribution < 1.29 is 24.9 Å². The van der Waals surface area contributed by atoms with Crippen molar-refractivity contribution in [2.45, 2.75) is 6.92 Å². The number of hydrogen-bond acceptors (Lipinski definition) is 3. The van der Waals surface area contributed by atoms with Crippen LogP contribution in [0.1, 0.15) is 26.3 Å². The Labute approximate surface area is 114 Å². The van der Waals surface area contributed by atoms with Crippen LogP contribution in [0.25, 0.3) is 11.1 Å². The smallest absolute Gasteiger partial charge is 0.335 e. The van der Waals surface area contributed by atoms with Gasteiger partial charge in [-0.1, -0.05) is 6.07 Å². The number of rotatable bonds is 3. The van der Waals surface area contributed by atoms with Crippen molar-refractivity contribution in [3.8, 4) is 16.9 Å². The minimum Gasteiger partial charge on any atom is -0.508 e. The molecule has 5 heteroatoms. The molecule has 2 rings (SSSR count). The van der Waals surface area contributed by atoms with Crippen LogP contribution >= 0.6 is 0 Å². The van der Waals surface area contributed by atoms with Crippen molar-refractivity contribution in [1.29, 1.82) is 0 Å². The maximum Gasteiger partial charge on any atom is 0.335 e. The Balaban J connectivity index is 2.66. The van der Waals surface area contributed by atoms with E-state index in [4.69, 9.17) is 10.2 Å². The molecule has 5 nitrogen and oxygen atoms in total. The molecule has 0 heterocycles. The van der Waals surface area contributed by atoms with E-state index in [1.165, 1.54) is 18.2 Å². The van der Waals surface area contributed by atoms with Gasteiger partial charge in [0.1, 0.15) is 5.75 Å². The normalized spacial score (nSPS) is 10.2. The zero-order chi connectivity index (χ0) is 14.9. The lowest BCUT2D eigenvalue weighted by Gasteiger charge is -2.07. The average Bonchev–Trinajstić information content (AvgIpc) is 2.36. The van der Waals surface area contributed by atoms with Gasteiger partial charge in [0.05, 0.1) is 11.1 Å². The molecule has 2 aromatic rings. The molecule has 0 aromatic heterocycles. The lowest BCUT2D eigenvalue weighted by atomic mass is 9.98. The number of carboxylic acid groups (broad SMARTS) is 2. The number of carbonyl (C=O) groups is 2. The molecular formula is C15H12O5. The summed E-state index contributed by atoms with van der Waals surface area (Å²) in [5.74, 6) is -2.37. The fourth-order valence-electron chi connectivity index (χ4n) is 1.97. The molecule has 0 aliphatic carbocycles. The first-order chi connectivity index (χ1) is 9.36. The van der Waals surface area contributed by atoms with E-state index in [0.29, 0.717) is 11.1 Å². The highest BCUT2D eigenvalue weighted by molar-refractivity contribution is 5.96. The highest BCUT2D eigenvalue weighted by Gasteiger charge is 2.13. The monoisotopic (exact) mass is 272 g/mol. The third-order valence-electron chi connectivity index (χ3n) is 2.82. The summed E-state index contributed by atoms with van der Waals surface area (Å²) in [7, 11) is 0. The van der Waals surface area contributed by atoms with Crippen LogP contribution < -0.4 is 0 Å². The van der Waals surface area contributed by atoms with Crippen molar-refractivity contribution in [3.63, 3.8) is 0 Å². The van der Waals surface area contributed by atoms with E-state index in [9.17, 15) is 14.7 Å². The molecule has 20 heavy (non-hydrogen) atoms. The van der Waals surface area contributed by atoms with Crippen molar-refractivity contribution in [2.24, 2.45) is 0 Å². The van der Waals surface area contributed by atoms with Gasteiger partial charge >= 0.3 is 11.9 Å². The Morgan fingerprint density at radius 2 is 1.30 bits per heavy atom. The molecule has 0 aliphatic rings. The molecular weight excluding hydrogens is 260 g/mol. The van der Waals surface area contributed by atoms with Crippen LogP contribution in [-0.2, 0) is 0 Å². The number of benzene rings is 2. The predicted molar refractivity (Wildman–Crippen MR) is 72.2 cm³/mol. The fraction of sp³-hybridized carbons (Fsp3) is 0.0667. The second-order valence-electron chi connectivity index (χ2n) is 4.47. The summed E-state index contributed by atoms with van der Waals surface area (Å²) >= 11 is 0. The van der Waals surface area contributed by atoms with Gasteiger partial charge in [-0.25, -0.2) is 9.59 Å². The summed E-state index contributed by atoms with van der Waals surface area (Å²) in [5, 5.41) is 27.6. The van der Waals surface area contributed by atoms with Crippen molar-refractivity contribution >= 4 is 11.9 Å². The van der Waals surface area contributed by atoms with Crippen LogP contribution in [0.2, 0.25) is 0 Å². The highest BCUT2D eigenvalue weighted by Crippen LogP contribution is 2.27. The van der Waals surface area contributed by atoms with E-state index < -0.39 is 11.9 Å². The molecule has 3 N–H and O–H groups in total. The number of phenolic OH excluding ortho intramolecular Hbond substituents is 1. The maximum absolute atomic E-state index is 11.1. The van der Waals surface area contributed by atoms with Crippen LogP contribution in [-0.4, -0.2) is 27.3 Å². The first-order valence-electron chi connectivity index (χ1n) is 5.79. The predicted octanol–water partition coefficient (Wildman–Crippen LogP) is 2.76. The molecule has 0 atom stereocenters. The number of phenols is 1. The molecule has 0 radical (unpaired) electrons. The van der Waals surface area contributed by atoms with Gasteiger partial charge in [-0.15, -0.1) is 0 Å². The van der Waals surface area contributed by atoms with E-state index in [1.807, 2.05) is 0 Å². The van der Waals surface area contributed by atoms with E-state index in [-0.39, 0.29) is 16.9 Å². The molecule has 0 bridgehead atoms. The van der Waals surface area contributed by atoms with Gasteiger partial charge in [0.2, 0.25) is 0 Å². The SMILES string of the molecule is Cc1cc(O)cc(-c2cc(C(=O)O)cc(C(=O)O)c2)c1. The standard InChI is InChI=1S/C15H12O5/c1-8-2-9(7-13(16)3-8)10-4-11(14(17)18)6-12(5-10)15(19)20/h2-7,16H,1H3,(H,17,18)(H,19,20). The number of aromatic hydroxyl groups is 1. The zero-order valence-corrected chi connectivity index (χ0v) is 10.6. The quantitative estimate of drug-likeness (QED) is 0.798. The summed E-state index contributed by atoms with van der Waals surface area (Å²) in [6.45, 7) is 1.78. The molecule has 0 saturated heterocycles. The first-order valence-corrected chi connectivity index (χ1v) is 5.79. The van der Waals surface area contributed by atoms with Crippen LogP contribution in [0.4, 0.5) is 0 Å². The Hall–Kier alpha value is -2.82. The van der Waals surface area contributed by atoms with Gasteiger partial charge in [-0.3, -0.25) is 0 Å². The minimum absolute atomic E-state index is 0.0394. The Kier molecular flexibility index (Phi) is 3.43. The number of aryl methyl sites for hydroxylation is 1. The largest absolute Gasteiger partial charge is 0.508 e. The maximum atomic E-state index is 11.1. The third kappa shape index (κ3) is 2.77. The molecule has 0 saturated carbocycles. The topological polar surface area (TPSA) is 94.8 Å². The molecule has 102 valence electrons. The van der Waals surface area contributed by atoms with Gasteiger partial charge in [-0.2, -0.15) is 0 Å². The summed E-state index contributed by atoms with van der Waals surface area (Å²) in [4.78, 5) is 22.1. The molecule has 0 spiro atoms. The lowest BCUT2D eigenvalue weighted by molar-refractivity contribution is 0.0696. The van der Waals surface area contributed by atoms with Gasteiger partial charge in [0.25, 0.3) is 0 Å². The molecule has 0 unspecified atom stereocenters. The van der Waals surface area contributed by atoms with E-state index in [1.54, 1.807) is 19.1 Å². The van der Waals surface area contributed by atoms with Crippen LogP contribution in [0.5, 0.6) is 5.75 Å². The van der Waals surface area contributed by atoms with Crippen LogP contribution in [0.15, 0.2) is 36.4 Å². The first kappa shape index (κ1) is 13.6. The number of aromatic carboxylic acids is 2. The second-order valence-corrected chi connectivity index (χ2v) is 4.47. The minimum atomic E-state index is -1.20. The number of carboxylic acids is 2. The van der Waals surface area contributed by atoms with Gasteiger partial charge < -0.3 is 15.3 Å². The molecule has 2 aromatic carbocycles. The van der Waals surface area contributed by atoms with Crippen molar-refractivity contribution in [2.75, 3.05) is 0 Å². The Morgan fingerprint density at radius 3 is 1.75 bits per heavy atom. The summed E-state index contributed by atoms with van der Waals surface area (Å²) in [6, 6.07) is 8.62. The van der Waals surface area contributed by atoms with E-state index in [2.05, 4.69) is 0 Å². The van der Waals surface area contributed by atoms with Gasteiger partial charge in [0, 0.05) is 0 Å². The zero-order valence-electron chi connectivity index (χ0n) is 10.6. The Morgan fingerprint density at radius 1 is 0.800 bits per heavy atom. The molecule has 0 fully saturated rings. The second kappa shape index (κ2) is 5.05. The summed E-state index contributed by atoms with van der Waals surface area (Å²) < 4.78 is 0. The van der Waals surface area contributed by atoms with Crippen LogP contribution in [0.3, 0.4) is 0 Å². The molecule has 0 amide bonds. The van der Waals surface area contributed by atoms with Gasteiger partial charge in [-0.05, 0) is 53.9 Å². The van der Waals surface area contributed by atoms with Crippen molar-refractivity contribution in [1.82, 2.24) is 0 Å². The molecule has 0 aliphatic heterocycles. The average molecular weight is 272 g/mol. The number of hydrogen-bond donors (Lipinski definition) is 3. The fourth-order valence-corrected chi connectivity index (χ4v) is 1.97. The van der Waals surface area contributed by atoms with Crippen LogP contribution in [0, 0.1) is 6.92 Å². The van der Waals surface area contributed by atoms with E-state index >= 15 is 0 Å².